The third kappa shape index (κ3) is 2.14. The molecule has 1 aliphatic rings. The lowest BCUT2D eigenvalue weighted by Gasteiger charge is -2.14. The second-order valence-electron chi connectivity index (χ2n) is 6.06. The lowest BCUT2D eigenvalue weighted by atomic mass is 10.1. The van der Waals surface area contributed by atoms with Crippen molar-refractivity contribution in [3.05, 3.63) is 57.6 Å². The van der Waals surface area contributed by atoms with Gasteiger partial charge in [-0.2, -0.15) is 10.2 Å². The number of nitriles is 1. The zero-order valence-electron chi connectivity index (χ0n) is 13.2. The number of rotatable bonds is 2. The van der Waals surface area contributed by atoms with E-state index in [0.717, 1.165) is 18.5 Å². The van der Waals surface area contributed by atoms with Gasteiger partial charge in [0.1, 0.15) is 5.82 Å². The Morgan fingerprint density at radius 1 is 1.25 bits per heavy atom. The van der Waals surface area contributed by atoms with Gasteiger partial charge in [0.15, 0.2) is 5.65 Å². The molecule has 3 aromatic rings. The van der Waals surface area contributed by atoms with Crippen molar-refractivity contribution in [3.63, 3.8) is 0 Å². The molecular formula is C18H15N5O. The van der Waals surface area contributed by atoms with E-state index in [1.807, 2.05) is 19.1 Å². The Hall–Kier alpha value is -3.20. The SMILES string of the molecule is Cc1c(C#N)cccc1-n1c(=O)nc(N)c2ccc(C3CC3)nc21. The first-order valence-electron chi connectivity index (χ1n) is 7.79. The number of nitrogen functional groups attached to an aromatic ring is 1. The average Bonchev–Trinajstić information content (AvgIpc) is 3.41. The molecule has 0 atom stereocenters. The normalized spacial score (nSPS) is 13.8. The molecule has 118 valence electrons. The lowest BCUT2D eigenvalue weighted by Crippen LogP contribution is -2.25. The summed E-state index contributed by atoms with van der Waals surface area (Å²) in [5.41, 5.74) is 8.74. The van der Waals surface area contributed by atoms with Crippen LogP contribution in [0.15, 0.2) is 35.1 Å². The maximum Gasteiger partial charge on any atom is 0.355 e. The van der Waals surface area contributed by atoms with Crippen molar-refractivity contribution in [1.29, 1.82) is 5.26 Å². The first-order chi connectivity index (χ1) is 11.6. The molecule has 1 saturated carbocycles. The number of hydrogen-bond acceptors (Lipinski definition) is 5. The largest absolute Gasteiger partial charge is 0.383 e. The van der Waals surface area contributed by atoms with E-state index < -0.39 is 5.69 Å². The Bertz CT molecular complexity index is 1070. The second kappa shape index (κ2) is 5.17. The summed E-state index contributed by atoms with van der Waals surface area (Å²) in [5.74, 6) is 0.633. The van der Waals surface area contributed by atoms with E-state index in [1.54, 1.807) is 18.2 Å². The van der Waals surface area contributed by atoms with Crippen molar-refractivity contribution in [3.8, 4) is 11.8 Å². The minimum atomic E-state index is -0.487. The summed E-state index contributed by atoms with van der Waals surface area (Å²) in [6.07, 6.45) is 2.23. The van der Waals surface area contributed by atoms with Crippen LogP contribution in [0.1, 0.15) is 35.6 Å². The fourth-order valence-electron chi connectivity index (χ4n) is 2.95. The number of nitrogens with zero attached hydrogens (tertiary/aromatic N) is 4. The van der Waals surface area contributed by atoms with E-state index in [9.17, 15) is 10.1 Å². The van der Waals surface area contributed by atoms with E-state index in [2.05, 4.69) is 11.1 Å². The Labute approximate surface area is 138 Å². The van der Waals surface area contributed by atoms with E-state index in [4.69, 9.17) is 10.7 Å². The van der Waals surface area contributed by atoms with E-state index in [1.165, 1.54) is 4.57 Å². The van der Waals surface area contributed by atoms with Crippen LogP contribution in [0, 0.1) is 18.3 Å². The second-order valence-corrected chi connectivity index (χ2v) is 6.06. The van der Waals surface area contributed by atoms with Gasteiger partial charge in [-0.25, -0.2) is 14.3 Å². The van der Waals surface area contributed by atoms with Crippen molar-refractivity contribution >= 4 is 16.9 Å². The summed E-state index contributed by atoms with van der Waals surface area (Å²) < 4.78 is 1.45. The third-order valence-electron chi connectivity index (χ3n) is 4.45. The van der Waals surface area contributed by atoms with Gasteiger partial charge in [0.2, 0.25) is 0 Å². The van der Waals surface area contributed by atoms with Crippen molar-refractivity contribution in [2.75, 3.05) is 5.73 Å². The Kier molecular flexibility index (Phi) is 3.10. The highest BCUT2D eigenvalue weighted by molar-refractivity contribution is 5.86. The van der Waals surface area contributed by atoms with Crippen molar-refractivity contribution in [2.24, 2.45) is 0 Å². The number of pyridine rings is 1. The van der Waals surface area contributed by atoms with Crippen LogP contribution < -0.4 is 11.4 Å². The monoisotopic (exact) mass is 317 g/mol. The van der Waals surface area contributed by atoms with Gasteiger partial charge in [0.05, 0.1) is 22.7 Å². The highest BCUT2D eigenvalue weighted by Crippen LogP contribution is 2.39. The summed E-state index contributed by atoms with van der Waals surface area (Å²) in [6.45, 7) is 1.81. The molecule has 0 aliphatic heterocycles. The van der Waals surface area contributed by atoms with Crippen molar-refractivity contribution in [2.45, 2.75) is 25.7 Å². The van der Waals surface area contributed by atoms with Gasteiger partial charge in [0.25, 0.3) is 0 Å². The first-order valence-corrected chi connectivity index (χ1v) is 7.79. The quantitative estimate of drug-likeness (QED) is 0.782. The molecule has 6 nitrogen and oxygen atoms in total. The van der Waals surface area contributed by atoms with Crippen LogP contribution in [-0.2, 0) is 0 Å². The van der Waals surface area contributed by atoms with Crippen molar-refractivity contribution < 1.29 is 0 Å². The number of aromatic nitrogens is 3. The fraction of sp³-hybridized carbons (Fsp3) is 0.222. The first kappa shape index (κ1) is 14.4. The van der Waals surface area contributed by atoms with Crippen LogP contribution in [0.3, 0.4) is 0 Å². The smallest absolute Gasteiger partial charge is 0.355 e. The van der Waals surface area contributed by atoms with Gasteiger partial charge in [0, 0.05) is 11.6 Å². The summed E-state index contributed by atoms with van der Waals surface area (Å²) >= 11 is 0. The Balaban J connectivity index is 2.10. The standard InChI is InChI=1S/C18H15N5O/c1-10-12(9-19)3-2-4-15(10)23-17-13(16(20)22-18(23)24)7-8-14(21-17)11-5-6-11/h2-4,7-8,11H,5-6H2,1H3,(H2,20,22,24). The highest BCUT2D eigenvalue weighted by Gasteiger charge is 2.26. The number of nitrogens with two attached hydrogens (primary N) is 1. The van der Waals surface area contributed by atoms with Gasteiger partial charge >= 0.3 is 5.69 Å². The van der Waals surface area contributed by atoms with E-state index in [0.29, 0.717) is 33.8 Å². The molecule has 2 aromatic heterocycles. The number of fused-ring (bicyclic) bond motifs is 1. The molecule has 0 radical (unpaired) electrons. The molecule has 2 heterocycles. The molecule has 1 aliphatic carbocycles. The van der Waals surface area contributed by atoms with E-state index in [-0.39, 0.29) is 5.82 Å². The van der Waals surface area contributed by atoms with Crippen LogP contribution in [0.25, 0.3) is 16.7 Å². The zero-order valence-corrected chi connectivity index (χ0v) is 13.2. The Morgan fingerprint density at radius 3 is 2.75 bits per heavy atom. The molecule has 0 spiro atoms. The molecular weight excluding hydrogens is 302 g/mol. The molecule has 0 saturated heterocycles. The average molecular weight is 317 g/mol. The van der Waals surface area contributed by atoms with Crippen LogP contribution in [0.5, 0.6) is 0 Å². The molecule has 1 fully saturated rings. The van der Waals surface area contributed by atoms with Crippen LogP contribution in [-0.4, -0.2) is 14.5 Å². The Morgan fingerprint density at radius 2 is 2.04 bits per heavy atom. The summed E-state index contributed by atoms with van der Waals surface area (Å²) in [4.78, 5) is 21.2. The predicted octanol–water partition coefficient (Wildman–Crippen LogP) is 2.42. The molecule has 0 amide bonds. The molecule has 4 rings (SSSR count). The molecule has 2 N–H and O–H groups in total. The molecule has 0 unspecified atom stereocenters. The number of benzene rings is 1. The number of hydrogen-bond donors (Lipinski definition) is 1. The van der Waals surface area contributed by atoms with Gasteiger partial charge in [-0.3, -0.25) is 0 Å². The van der Waals surface area contributed by atoms with Gasteiger partial charge in [-0.15, -0.1) is 0 Å². The predicted molar refractivity (Wildman–Crippen MR) is 91.0 cm³/mol. The van der Waals surface area contributed by atoms with E-state index >= 15 is 0 Å². The van der Waals surface area contributed by atoms with Gasteiger partial charge in [-0.05, 0) is 49.6 Å². The minimum Gasteiger partial charge on any atom is -0.383 e. The zero-order chi connectivity index (χ0) is 16.8. The molecule has 6 heteroatoms. The summed E-state index contributed by atoms with van der Waals surface area (Å²) in [6, 6.07) is 11.2. The minimum absolute atomic E-state index is 0.176. The van der Waals surface area contributed by atoms with Crippen LogP contribution in [0.4, 0.5) is 5.82 Å². The molecule has 0 bridgehead atoms. The van der Waals surface area contributed by atoms with Crippen LogP contribution >= 0.6 is 0 Å². The number of anilines is 1. The van der Waals surface area contributed by atoms with Crippen LogP contribution in [0.2, 0.25) is 0 Å². The highest BCUT2D eigenvalue weighted by atomic mass is 16.1. The molecule has 24 heavy (non-hydrogen) atoms. The summed E-state index contributed by atoms with van der Waals surface area (Å²) in [7, 11) is 0. The van der Waals surface area contributed by atoms with Gasteiger partial charge in [-0.1, -0.05) is 6.07 Å². The fourth-order valence-corrected chi connectivity index (χ4v) is 2.95. The third-order valence-corrected chi connectivity index (χ3v) is 4.45. The lowest BCUT2D eigenvalue weighted by molar-refractivity contribution is 0.920. The van der Waals surface area contributed by atoms with Crippen molar-refractivity contribution in [1.82, 2.24) is 14.5 Å². The topological polar surface area (TPSA) is 97.6 Å². The maximum absolute atomic E-state index is 12.6. The summed E-state index contributed by atoms with van der Waals surface area (Å²) in [5, 5.41) is 9.89. The maximum atomic E-state index is 12.6. The van der Waals surface area contributed by atoms with Gasteiger partial charge < -0.3 is 5.73 Å². The molecule has 1 aromatic carbocycles.